The molecule has 0 spiro atoms. The number of hydrogen-bond donors (Lipinski definition) is 1. The van der Waals surface area contributed by atoms with Crippen LogP contribution in [0.5, 0.6) is 0 Å². The van der Waals surface area contributed by atoms with Gasteiger partial charge in [-0.3, -0.25) is 4.18 Å². The van der Waals surface area contributed by atoms with Crippen LogP contribution in [-0.2, 0) is 14.3 Å². The molecule has 0 aromatic carbocycles. The molecule has 0 atom stereocenters. The van der Waals surface area contributed by atoms with E-state index in [9.17, 15) is 8.42 Å². The molecule has 6 heteroatoms. The molecule has 0 aromatic heterocycles. The average Bonchev–Trinajstić information content (AvgIpc) is 2.60. The zero-order valence-electron chi connectivity index (χ0n) is 18.1. The van der Waals surface area contributed by atoms with Crippen LogP contribution in [0.2, 0.25) is 0 Å². The number of allylic oxidation sites excluding steroid dienone is 2. The van der Waals surface area contributed by atoms with E-state index in [2.05, 4.69) is 19.1 Å². The fraction of sp³-hybridized carbons (Fsp3) is 0.905. The van der Waals surface area contributed by atoms with Gasteiger partial charge < -0.3 is 5.73 Å². The third kappa shape index (κ3) is 24.6. The van der Waals surface area contributed by atoms with Crippen molar-refractivity contribution in [3.05, 3.63) is 12.2 Å². The van der Waals surface area contributed by atoms with Crippen molar-refractivity contribution < 1.29 is 12.6 Å². The Morgan fingerprint density at radius 2 is 1.19 bits per heavy atom. The van der Waals surface area contributed by atoms with Crippen LogP contribution < -0.4 is 5.73 Å². The zero-order chi connectivity index (χ0) is 19.3. The molecule has 0 fully saturated rings. The van der Waals surface area contributed by atoms with E-state index in [0.29, 0.717) is 6.61 Å². The standard InChI is InChI=1S/C21H43NO3S.Na/c1-2-3-4-5-6-7-8-9-10-11-12-13-14-15-16-17-18-20-25-26(23,24)21-19-22;/h10-11H,2-9,12-22H2,1H3;/b11-10-;. The van der Waals surface area contributed by atoms with Crippen LogP contribution in [0.1, 0.15) is 103 Å². The molecule has 0 aliphatic carbocycles. The van der Waals surface area contributed by atoms with E-state index in [-0.39, 0.29) is 41.9 Å². The summed E-state index contributed by atoms with van der Waals surface area (Å²) in [6.07, 6.45) is 23.5. The van der Waals surface area contributed by atoms with Gasteiger partial charge >= 0.3 is 0 Å². The number of rotatable bonds is 20. The van der Waals surface area contributed by atoms with Crippen molar-refractivity contribution in [2.45, 2.75) is 103 Å². The molecule has 0 saturated carbocycles. The summed E-state index contributed by atoms with van der Waals surface area (Å²) >= 11 is 0. The summed E-state index contributed by atoms with van der Waals surface area (Å²) in [5, 5.41) is 0. The van der Waals surface area contributed by atoms with Crippen LogP contribution in [-0.4, -0.2) is 56.9 Å². The normalized spacial score (nSPS) is 11.8. The molecule has 0 rings (SSSR count). The van der Waals surface area contributed by atoms with Gasteiger partial charge in [0, 0.05) is 36.1 Å². The van der Waals surface area contributed by atoms with E-state index in [1.807, 2.05) is 0 Å². The fourth-order valence-corrected chi connectivity index (χ4v) is 3.69. The molecule has 0 heterocycles. The second-order valence-corrected chi connectivity index (χ2v) is 8.92. The fourth-order valence-electron chi connectivity index (χ4n) is 2.92. The summed E-state index contributed by atoms with van der Waals surface area (Å²) in [6.45, 7) is 2.68. The first-order chi connectivity index (χ1) is 12.6. The Bertz CT molecular complexity index is 414. The van der Waals surface area contributed by atoms with Gasteiger partial charge in [-0.05, 0) is 32.1 Å². The Balaban J connectivity index is 0. The van der Waals surface area contributed by atoms with Crippen molar-refractivity contribution >= 4 is 39.7 Å². The SMILES string of the molecule is CCCCCCCCC/C=C\CCCCCCCCOS(=O)(=O)CCN.[Na]. The number of nitrogens with two attached hydrogens (primary N) is 1. The molecule has 27 heavy (non-hydrogen) atoms. The summed E-state index contributed by atoms with van der Waals surface area (Å²) in [5.41, 5.74) is 5.22. The smallest absolute Gasteiger partial charge is 0.268 e. The van der Waals surface area contributed by atoms with Crippen molar-refractivity contribution in [2.75, 3.05) is 18.9 Å². The van der Waals surface area contributed by atoms with Crippen LogP contribution in [0.3, 0.4) is 0 Å². The predicted octanol–water partition coefficient (Wildman–Crippen LogP) is 5.34. The molecule has 0 aromatic rings. The summed E-state index contributed by atoms with van der Waals surface area (Å²) in [4.78, 5) is 0. The Hall–Kier alpha value is 0.610. The summed E-state index contributed by atoms with van der Waals surface area (Å²) in [6, 6.07) is 0. The first kappa shape index (κ1) is 29.8. The molecule has 0 unspecified atom stereocenters. The van der Waals surface area contributed by atoms with Crippen LogP contribution in [0.25, 0.3) is 0 Å². The molecule has 2 N–H and O–H groups in total. The van der Waals surface area contributed by atoms with E-state index in [1.165, 1.54) is 77.0 Å². The first-order valence-electron chi connectivity index (χ1n) is 10.8. The molecule has 157 valence electrons. The van der Waals surface area contributed by atoms with Crippen LogP contribution in [0, 0.1) is 0 Å². The third-order valence-corrected chi connectivity index (χ3v) is 5.80. The second kappa shape index (κ2) is 22.9. The minimum Gasteiger partial charge on any atom is -0.329 e. The number of hydrogen-bond acceptors (Lipinski definition) is 4. The van der Waals surface area contributed by atoms with Gasteiger partial charge in [0.1, 0.15) is 0 Å². The van der Waals surface area contributed by atoms with Gasteiger partial charge in [0.15, 0.2) is 0 Å². The van der Waals surface area contributed by atoms with Crippen molar-refractivity contribution in [2.24, 2.45) is 5.73 Å². The Kier molecular flexibility index (Phi) is 25.3. The van der Waals surface area contributed by atoms with Gasteiger partial charge in [-0.1, -0.05) is 83.3 Å². The van der Waals surface area contributed by atoms with E-state index in [0.717, 1.165) is 19.3 Å². The summed E-state index contributed by atoms with van der Waals surface area (Å²) in [7, 11) is -3.39. The maximum atomic E-state index is 11.3. The topological polar surface area (TPSA) is 69.4 Å². The summed E-state index contributed by atoms with van der Waals surface area (Å²) < 4.78 is 27.5. The molecule has 1 radical (unpaired) electrons. The van der Waals surface area contributed by atoms with Crippen LogP contribution in [0.15, 0.2) is 12.2 Å². The Labute approximate surface area is 191 Å². The van der Waals surface area contributed by atoms with Crippen LogP contribution >= 0.6 is 0 Å². The van der Waals surface area contributed by atoms with Gasteiger partial charge in [-0.15, -0.1) is 0 Å². The largest absolute Gasteiger partial charge is 0.329 e. The second-order valence-electron chi connectivity index (χ2n) is 7.16. The molecule has 0 saturated heterocycles. The first-order valence-corrected chi connectivity index (χ1v) is 12.4. The minimum absolute atomic E-state index is 0. The van der Waals surface area contributed by atoms with E-state index in [1.54, 1.807) is 0 Å². The van der Waals surface area contributed by atoms with Gasteiger partial charge in [-0.25, -0.2) is 0 Å². The van der Waals surface area contributed by atoms with Crippen molar-refractivity contribution in [1.29, 1.82) is 0 Å². The molecule has 0 aliphatic heterocycles. The number of unbranched alkanes of at least 4 members (excludes halogenated alkanes) is 13. The van der Waals surface area contributed by atoms with E-state index >= 15 is 0 Å². The summed E-state index contributed by atoms with van der Waals surface area (Å²) in [5.74, 6) is -0.0839. The monoisotopic (exact) mass is 412 g/mol. The molecule has 4 nitrogen and oxygen atoms in total. The van der Waals surface area contributed by atoms with E-state index in [4.69, 9.17) is 9.92 Å². The predicted molar refractivity (Wildman–Crippen MR) is 119 cm³/mol. The molecular weight excluding hydrogens is 369 g/mol. The van der Waals surface area contributed by atoms with Crippen molar-refractivity contribution in [3.8, 4) is 0 Å². The van der Waals surface area contributed by atoms with Crippen molar-refractivity contribution in [1.82, 2.24) is 0 Å². The average molecular weight is 413 g/mol. The van der Waals surface area contributed by atoms with Gasteiger partial charge in [0.25, 0.3) is 10.1 Å². The molecule has 0 amide bonds. The van der Waals surface area contributed by atoms with Crippen LogP contribution in [0.4, 0.5) is 0 Å². The van der Waals surface area contributed by atoms with Gasteiger partial charge in [0.05, 0.1) is 12.4 Å². The Morgan fingerprint density at radius 3 is 1.67 bits per heavy atom. The van der Waals surface area contributed by atoms with Gasteiger partial charge in [-0.2, -0.15) is 8.42 Å². The quantitative estimate of drug-likeness (QED) is 0.127. The molecule has 0 bridgehead atoms. The van der Waals surface area contributed by atoms with Gasteiger partial charge in [0.2, 0.25) is 0 Å². The zero-order valence-corrected chi connectivity index (χ0v) is 20.9. The molecule has 0 aliphatic rings. The third-order valence-electron chi connectivity index (χ3n) is 4.54. The molecular formula is C21H43NNaO3S. The van der Waals surface area contributed by atoms with E-state index < -0.39 is 10.1 Å². The Morgan fingerprint density at radius 1 is 0.741 bits per heavy atom. The van der Waals surface area contributed by atoms with Crippen molar-refractivity contribution in [3.63, 3.8) is 0 Å². The minimum atomic E-state index is -3.39. The maximum absolute atomic E-state index is 11.3. The maximum Gasteiger partial charge on any atom is 0.268 e.